The zero-order valence-corrected chi connectivity index (χ0v) is 16.1. The first kappa shape index (κ1) is 18.2. The van der Waals surface area contributed by atoms with Crippen LogP contribution in [0.3, 0.4) is 0 Å². The van der Waals surface area contributed by atoms with Crippen molar-refractivity contribution in [3.8, 4) is 17.1 Å². The Kier molecular flexibility index (Phi) is 5.10. The Hall–Kier alpha value is -3.15. The van der Waals surface area contributed by atoms with E-state index in [1.54, 1.807) is 0 Å². The number of para-hydroxylation sites is 1. The molecule has 0 radical (unpaired) electrons. The highest BCUT2D eigenvalue weighted by molar-refractivity contribution is 5.79. The summed E-state index contributed by atoms with van der Waals surface area (Å²) in [6.07, 6.45) is 0.389. The zero-order valence-electron chi connectivity index (χ0n) is 16.1. The second-order valence-electron chi connectivity index (χ2n) is 7.05. The molecule has 1 aromatic heterocycles. The van der Waals surface area contributed by atoms with Crippen LogP contribution < -0.4 is 4.74 Å². The van der Waals surface area contributed by atoms with Crippen molar-refractivity contribution in [1.82, 2.24) is 15.0 Å². The summed E-state index contributed by atoms with van der Waals surface area (Å²) in [5.74, 6) is 1.74. The number of ether oxygens (including phenoxy) is 1. The summed E-state index contributed by atoms with van der Waals surface area (Å²) in [6, 6.07) is 15.9. The fourth-order valence-electron chi connectivity index (χ4n) is 3.45. The number of likely N-dealkylation sites (tertiary alicyclic amines) is 1. The van der Waals surface area contributed by atoms with Crippen LogP contribution in [0.5, 0.6) is 5.75 Å². The second kappa shape index (κ2) is 7.84. The zero-order chi connectivity index (χ0) is 19.5. The summed E-state index contributed by atoms with van der Waals surface area (Å²) >= 11 is 0. The number of carbonyl (C=O) groups excluding carboxylic acids is 1. The predicted molar refractivity (Wildman–Crippen MR) is 105 cm³/mol. The number of nitrogens with zero attached hydrogens (tertiary/aromatic N) is 3. The maximum Gasteiger partial charge on any atom is 0.232 e. The van der Waals surface area contributed by atoms with Gasteiger partial charge in [-0.15, -0.1) is 0 Å². The Bertz CT molecular complexity index is 965. The molecule has 0 saturated carbocycles. The third-order valence-corrected chi connectivity index (χ3v) is 4.93. The molecule has 1 unspecified atom stereocenters. The number of aromatic nitrogens is 2. The summed E-state index contributed by atoms with van der Waals surface area (Å²) in [4.78, 5) is 18.9. The van der Waals surface area contributed by atoms with Crippen LogP contribution in [0.2, 0.25) is 0 Å². The lowest BCUT2D eigenvalue weighted by molar-refractivity contribution is -0.128. The van der Waals surface area contributed by atoms with Gasteiger partial charge >= 0.3 is 0 Å². The minimum atomic E-state index is -0.0848. The van der Waals surface area contributed by atoms with Crippen LogP contribution in [0.15, 0.2) is 53.1 Å². The lowest BCUT2D eigenvalue weighted by Gasteiger charge is -2.16. The molecule has 2 aromatic carbocycles. The summed E-state index contributed by atoms with van der Waals surface area (Å²) in [5.41, 5.74) is 3.12. The minimum absolute atomic E-state index is 0.0848. The van der Waals surface area contributed by atoms with E-state index in [4.69, 9.17) is 9.26 Å². The summed E-state index contributed by atoms with van der Waals surface area (Å²) in [7, 11) is 0. The Balaban J connectivity index is 1.49. The summed E-state index contributed by atoms with van der Waals surface area (Å²) in [5, 5.41) is 4.12. The van der Waals surface area contributed by atoms with Crippen LogP contribution in [0, 0.1) is 6.92 Å². The first-order chi connectivity index (χ1) is 13.6. The fraction of sp³-hybridized carbons (Fsp3) is 0.318. The van der Waals surface area contributed by atoms with E-state index in [0.29, 0.717) is 37.8 Å². The van der Waals surface area contributed by atoms with Crippen molar-refractivity contribution in [2.75, 3.05) is 13.2 Å². The van der Waals surface area contributed by atoms with Gasteiger partial charge in [-0.25, -0.2) is 0 Å². The second-order valence-corrected chi connectivity index (χ2v) is 7.05. The fourth-order valence-corrected chi connectivity index (χ4v) is 3.45. The Morgan fingerprint density at radius 3 is 2.75 bits per heavy atom. The molecule has 3 aromatic rings. The highest BCUT2D eigenvalue weighted by Gasteiger charge is 2.34. The van der Waals surface area contributed by atoms with E-state index >= 15 is 0 Å². The van der Waals surface area contributed by atoms with Gasteiger partial charge in [-0.1, -0.05) is 47.1 Å². The molecular formula is C22H23N3O3. The van der Waals surface area contributed by atoms with Crippen LogP contribution in [-0.4, -0.2) is 34.1 Å². The Labute approximate surface area is 164 Å². The molecule has 1 aliphatic rings. The predicted octanol–water partition coefficient (Wildman–Crippen LogP) is 3.96. The van der Waals surface area contributed by atoms with Gasteiger partial charge in [-0.3, -0.25) is 4.79 Å². The molecule has 1 amide bonds. The van der Waals surface area contributed by atoms with E-state index in [-0.39, 0.29) is 11.8 Å². The average Bonchev–Trinajstić information content (AvgIpc) is 3.32. The van der Waals surface area contributed by atoms with Crippen LogP contribution in [-0.2, 0) is 11.3 Å². The molecule has 1 fully saturated rings. The summed E-state index contributed by atoms with van der Waals surface area (Å²) < 4.78 is 11.2. The topological polar surface area (TPSA) is 68.5 Å². The average molecular weight is 377 g/mol. The van der Waals surface area contributed by atoms with Crippen molar-refractivity contribution >= 4 is 5.91 Å². The van der Waals surface area contributed by atoms with Gasteiger partial charge in [0.15, 0.2) is 0 Å². The molecule has 0 N–H and O–H groups in total. The van der Waals surface area contributed by atoms with Gasteiger partial charge in [0, 0.05) is 19.5 Å². The van der Waals surface area contributed by atoms with Crippen molar-refractivity contribution in [3.05, 3.63) is 65.5 Å². The van der Waals surface area contributed by atoms with Gasteiger partial charge in [0.25, 0.3) is 0 Å². The largest absolute Gasteiger partial charge is 0.493 e. The first-order valence-corrected chi connectivity index (χ1v) is 9.53. The van der Waals surface area contributed by atoms with Gasteiger partial charge in [0.05, 0.1) is 18.1 Å². The summed E-state index contributed by atoms with van der Waals surface area (Å²) in [6.45, 7) is 5.74. The van der Waals surface area contributed by atoms with Crippen LogP contribution in [0.4, 0.5) is 0 Å². The van der Waals surface area contributed by atoms with E-state index in [2.05, 4.69) is 41.3 Å². The third-order valence-electron chi connectivity index (χ3n) is 4.93. The quantitative estimate of drug-likeness (QED) is 0.650. The van der Waals surface area contributed by atoms with Crippen molar-refractivity contribution in [1.29, 1.82) is 0 Å². The molecular weight excluding hydrogens is 354 g/mol. The van der Waals surface area contributed by atoms with Gasteiger partial charge in [0.2, 0.25) is 17.6 Å². The van der Waals surface area contributed by atoms with Gasteiger partial charge in [-0.05, 0) is 31.5 Å². The number of benzene rings is 2. The number of aryl methyl sites for hydroxylation is 1. The first-order valence-electron chi connectivity index (χ1n) is 9.53. The highest BCUT2D eigenvalue weighted by Crippen LogP contribution is 2.32. The lowest BCUT2D eigenvalue weighted by atomic mass is 10.1. The van der Waals surface area contributed by atoms with Crippen molar-refractivity contribution < 1.29 is 14.1 Å². The van der Waals surface area contributed by atoms with Gasteiger partial charge in [-0.2, -0.15) is 4.98 Å². The van der Waals surface area contributed by atoms with E-state index in [1.165, 1.54) is 5.56 Å². The maximum atomic E-state index is 12.5. The molecule has 4 rings (SSSR count). The third kappa shape index (κ3) is 3.76. The molecule has 1 saturated heterocycles. The number of hydrogen-bond donors (Lipinski definition) is 0. The Morgan fingerprint density at radius 1 is 1.18 bits per heavy atom. The Morgan fingerprint density at radius 2 is 1.96 bits per heavy atom. The normalized spacial score (nSPS) is 16.6. The van der Waals surface area contributed by atoms with Crippen molar-refractivity contribution in [2.24, 2.45) is 0 Å². The highest BCUT2D eigenvalue weighted by atomic mass is 16.5. The van der Waals surface area contributed by atoms with Crippen LogP contribution in [0.25, 0.3) is 11.4 Å². The molecule has 6 heteroatoms. The SMILES string of the molecule is CCOc1ccccc1-c1noc(C2CC(=O)N(Cc3ccc(C)cc3)C2)n1. The number of hydrogen-bond acceptors (Lipinski definition) is 5. The van der Waals surface area contributed by atoms with E-state index in [1.807, 2.05) is 36.1 Å². The monoisotopic (exact) mass is 377 g/mol. The van der Waals surface area contributed by atoms with Gasteiger partial charge < -0.3 is 14.2 Å². The molecule has 2 heterocycles. The van der Waals surface area contributed by atoms with Gasteiger partial charge in [0.1, 0.15) is 5.75 Å². The standard InChI is InChI=1S/C22H23N3O3/c1-3-27-19-7-5-4-6-18(19)21-23-22(28-24-21)17-12-20(26)25(14-17)13-16-10-8-15(2)9-11-16/h4-11,17H,3,12-14H2,1-2H3. The molecule has 144 valence electrons. The molecule has 0 spiro atoms. The number of rotatable bonds is 6. The number of carbonyl (C=O) groups is 1. The minimum Gasteiger partial charge on any atom is -0.493 e. The van der Waals surface area contributed by atoms with E-state index in [0.717, 1.165) is 16.9 Å². The molecule has 28 heavy (non-hydrogen) atoms. The molecule has 0 bridgehead atoms. The molecule has 0 aliphatic carbocycles. The van der Waals surface area contributed by atoms with E-state index in [9.17, 15) is 4.79 Å². The van der Waals surface area contributed by atoms with Crippen molar-refractivity contribution in [2.45, 2.75) is 32.7 Å². The molecule has 1 aliphatic heterocycles. The van der Waals surface area contributed by atoms with Crippen molar-refractivity contribution in [3.63, 3.8) is 0 Å². The van der Waals surface area contributed by atoms with E-state index < -0.39 is 0 Å². The molecule has 1 atom stereocenters. The van der Waals surface area contributed by atoms with Crippen LogP contribution >= 0.6 is 0 Å². The smallest absolute Gasteiger partial charge is 0.232 e. The molecule has 6 nitrogen and oxygen atoms in total. The van der Waals surface area contributed by atoms with Crippen LogP contribution in [0.1, 0.15) is 36.3 Å². The lowest BCUT2D eigenvalue weighted by Crippen LogP contribution is -2.24. The number of amides is 1. The maximum absolute atomic E-state index is 12.5.